The molecule has 1 aromatic carbocycles. The lowest BCUT2D eigenvalue weighted by Crippen LogP contribution is -2.31. The molecule has 1 fully saturated rings. The first-order valence-corrected chi connectivity index (χ1v) is 5.93. The fraction of sp³-hybridized carbons (Fsp3) is 0.462. The van der Waals surface area contributed by atoms with Gasteiger partial charge in [0.2, 0.25) is 0 Å². The average molecular weight is 234 g/mol. The first-order chi connectivity index (χ1) is 8.16. The summed E-state index contributed by atoms with van der Waals surface area (Å²) >= 11 is 0. The van der Waals surface area contributed by atoms with E-state index in [1.165, 1.54) is 0 Å². The lowest BCUT2D eigenvalue weighted by atomic mass is 10.1. The SMILES string of the molecule is Cc1cc(C(=O)NCC2CCCO2)ccc1N. The zero-order chi connectivity index (χ0) is 12.3. The molecule has 1 saturated heterocycles. The number of aryl methyl sites for hydroxylation is 1. The number of carbonyl (C=O) groups excluding carboxylic acids is 1. The highest BCUT2D eigenvalue weighted by atomic mass is 16.5. The minimum absolute atomic E-state index is 0.0661. The molecule has 1 atom stereocenters. The molecule has 2 rings (SSSR count). The van der Waals surface area contributed by atoms with Crippen LogP contribution in [0.5, 0.6) is 0 Å². The van der Waals surface area contributed by atoms with Crippen LogP contribution in [-0.2, 0) is 4.74 Å². The number of hydrogen-bond acceptors (Lipinski definition) is 3. The number of nitrogens with one attached hydrogen (secondary N) is 1. The third-order valence-electron chi connectivity index (χ3n) is 3.05. The van der Waals surface area contributed by atoms with Crippen LogP contribution in [0.3, 0.4) is 0 Å². The number of rotatable bonds is 3. The second-order valence-corrected chi connectivity index (χ2v) is 4.42. The van der Waals surface area contributed by atoms with Crippen molar-refractivity contribution in [1.29, 1.82) is 0 Å². The smallest absolute Gasteiger partial charge is 0.251 e. The second-order valence-electron chi connectivity index (χ2n) is 4.42. The summed E-state index contributed by atoms with van der Waals surface area (Å²) in [5.41, 5.74) is 7.99. The van der Waals surface area contributed by atoms with Crippen molar-refractivity contribution >= 4 is 11.6 Å². The summed E-state index contributed by atoms with van der Waals surface area (Å²) in [6, 6.07) is 5.31. The van der Waals surface area contributed by atoms with Crippen molar-refractivity contribution in [2.24, 2.45) is 0 Å². The Morgan fingerprint density at radius 3 is 3.06 bits per heavy atom. The van der Waals surface area contributed by atoms with Gasteiger partial charge in [0.25, 0.3) is 5.91 Å². The van der Waals surface area contributed by atoms with Crippen LogP contribution < -0.4 is 11.1 Å². The molecule has 3 N–H and O–H groups in total. The Morgan fingerprint density at radius 2 is 2.41 bits per heavy atom. The highest BCUT2D eigenvalue weighted by Gasteiger charge is 2.16. The maximum atomic E-state index is 11.9. The van der Waals surface area contributed by atoms with Gasteiger partial charge in [0, 0.05) is 24.4 Å². The number of amides is 1. The minimum Gasteiger partial charge on any atom is -0.399 e. The summed E-state index contributed by atoms with van der Waals surface area (Å²) in [6.45, 7) is 3.29. The van der Waals surface area contributed by atoms with Crippen molar-refractivity contribution in [2.45, 2.75) is 25.9 Å². The molecule has 0 aliphatic carbocycles. The van der Waals surface area contributed by atoms with Crippen LogP contribution in [0.25, 0.3) is 0 Å². The van der Waals surface area contributed by atoms with Gasteiger partial charge in [0.1, 0.15) is 0 Å². The van der Waals surface area contributed by atoms with E-state index in [0.29, 0.717) is 17.8 Å². The summed E-state index contributed by atoms with van der Waals surface area (Å²) in [4.78, 5) is 11.9. The quantitative estimate of drug-likeness (QED) is 0.779. The largest absolute Gasteiger partial charge is 0.399 e. The van der Waals surface area contributed by atoms with E-state index in [1.807, 2.05) is 6.92 Å². The van der Waals surface area contributed by atoms with Gasteiger partial charge in [-0.25, -0.2) is 0 Å². The number of benzene rings is 1. The fourth-order valence-electron chi connectivity index (χ4n) is 1.93. The monoisotopic (exact) mass is 234 g/mol. The molecule has 4 nitrogen and oxygen atoms in total. The van der Waals surface area contributed by atoms with E-state index in [2.05, 4.69) is 5.32 Å². The van der Waals surface area contributed by atoms with Crippen LogP contribution in [0.1, 0.15) is 28.8 Å². The third-order valence-corrected chi connectivity index (χ3v) is 3.05. The van der Waals surface area contributed by atoms with Gasteiger partial charge in [-0.2, -0.15) is 0 Å². The van der Waals surface area contributed by atoms with Gasteiger partial charge in [-0.15, -0.1) is 0 Å². The van der Waals surface area contributed by atoms with Crippen molar-refractivity contribution in [1.82, 2.24) is 5.32 Å². The van der Waals surface area contributed by atoms with E-state index < -0.39 is 0 Å². The highest BCUT2D eigenvalue weighted by Crippen LogP contribution is 2.13. The normalized spacial score (nSPS) is 19.2. The maximum Gasteiger partial charge on any atom is 0.251 e. The van der Waals surface area contributed by atoms with Crippen LogP contribution in [0.15, 0.2) is 18.2 Å². The predicted octanol–water partition coefficient (Wildman–Crippen LogP) is 1.49. The summed E-state index contributed by atoms with van der Waals surface area (Å²) in [6.07, 6.45) is 2.29. The number of hydrogen-bond donors (Lipinski definition) is 2. The van der Waals surface area contributed by atoms with E-state index in [0.717, 1.165) is 25.0 Å². The molecule has 0 saturated carbocycles. The van der Waals surface area contributed by atoms with Crippen molar-refractivity contribution in [2.75, 3.05) is 18.9 Å². The van der Waals surface area contributed by atoms with Crippen molar-refractivity contribution < 1.29 is 9.53 Å². The molecule has 1 heterocycles. The first-order valence-electron chi connectivity index (χ1n) is 5.93. The number of nitrogen functional groups attached to an aromatic ring is 1. The lowest BCUT2D eigenvalue weighted by Gasteiger charge is -2.11. The third kappa shape index (κ3) is 2.97. The molecule has 0 radical (unpaired) electrons. The Kier molecular flexibility index (Phi) is 3.64. The molecule has 0 aromatic heterocycles. The van der Waals surface area contributed by atoms with Crippen molar-refractivity contribution in [3.8, 4) is 0 Å². The van der Waals surface area contributed by atoms with Crippen LogP contribution in [-0.4, -0.2) is 25.2 Å². The molecule has 0 spiro atoms. The van der Waals surface area contributed by atoms with Crippen LogP contribution >= 0.6 is 0 Å². The second kappa shape index (κ2) is 5.19. The minimum atomic E-state index is -0.0661. The molecule has 4 heteroatoms. The Balaban J connectivity index is 1.92. The molecule has 1 aromatic rings. The molecule has 92 valence electrons. The van der Waals surface area contributed by atoms with E-state index in [-0.39, 0.29) is 12.0 Å². The van der Waals surface area contributed by atoms with Gasteiger partial charge >= 0.3 is 0 Å². The van der Waals surface area contributed by atoms with E-state index >= 15 is 0 Å². The zero-order valence-electron chi connectivity index (χ0n) is 10.0. The molecule has 17 heavy (non-hydrogen) atoms. The summed E-state index contributed by atoms with van der Waals surface area (Å²) in [5.74, 6) is -0.0661. The first kappa shape index (κ1) is 11.9. The Morgan fingerprint density at radius 1 is 1.59 bits per heavy atom. The summed E-state index contributed by atoms with van der Waals surface area (Å²) in [7, 11) is 0. The van der Waals surface area contributed by atoms with Crippen LogP contribution in [0.4, 0.5) is 5.69 Å². The lowest BCUT2D eigenvalue weighted by molar-refractivity contribution is 0.0857. The molecule has 1 aliphatic rings. The van der Waals surface area contributed by atoms with E-state index in [9.17, 15) is 4.79 Å². The standard InChI is InChI=1S/C13H18N2O2/c1-9-7-10(4-5-12(9)14)13(16)15-8-11-3-2-6-17-11/h4-5,7,11H,2-3,6,8,14H2,1H3,(H,15,16). The van der Waals surface area contributed by atoms with E-state index in [1.54, 1.807) is 18.2 Å². The van der Waals surface area contributed by atoms with Gasteiger partial charge in [0.05, 0.1) is 6.10 Å². The summed E-state index contributed by atoms with van der Waals surface area (Å²) in [5, 5.41) is 2.88. The van der Waals surface area contributed by atoms with Crippen molar-refractivity contribution in [3.63, 3.8) is 0 Å². The summed E-state index contributed by atoms with van der Waals surface area (Å²) < 4.78 is 5.45. The Bertz CT molecular complexity index is 412. The van der Waals surface area contributed by atoms with Gasteiger partial charge in [0.15, 0.2) is 0 Å². The number of carbonyl (C=O) groups is 1. The Labute approximate surface area is 101 Å². The van der Waals surface area contributed by atoms with Crippen LogP contribution in [0.2, 0.25) is 0 Å². The van der Waals surface area contributed by atoms with Gasteiger partial charge in [-0.05, 0) is 43.5 Å². The molecule has 0 bridgehead atoms. The van der Waals surface area contributed by atoms with Gasteiger partial charge < -0.3 is 15.8 Å². The van der Waals surface area contributed by atoms with E-state index in [4.69, 9.17) is 10.5 Å². The molecule has 1 unspecified atom stereocenters. The zero-order valence-corrected chi connectivity index (χ0v) is 10.0. The maximum absolute atomic E-state index is 11.9. The molecular formula is C13H18N2O2. The van der Waals surface area contributed by atoms with Crippen molar-refractivity contribution in [3.05, 3.63) is 29.3 Å². The molecular weight excluding hydrogens is 216 g/mol. The predicted molar refractivity (Wildman–Crippen MR) is 66.9 cm³/mol. The van der Waals surface area contributed by atoms with Crippen LogP contribution in [0, 0.1) is 6.92 Å². The fourth-order valence-corrected chi connectivity index (χ4v) is 1.93. The molecule has 1 aliphatic heterocycles. The van der Waals surface area contributed by atoms with Gasteiger partial charge in [-0.3, -0.25) is 4.79 Å². The number of ether oxygens (including phenoxy) is 1. The number of nitrogens with two attached hydrogens (primary N) is 1. The van der Waals surface area contributed by atoms with Gasteiger partial charge in [-0.1, -0.05) is 0 Å². The average Bonchev–Trinajstić information content (AvgIpc) is 2.82. The topological polar surface area (TPSA) is 64.3 Å². The Hall–Kier alpha value is -1.55. The highest BCUT2D eigenvalue weighted by molar-refractivity contribution is 5.94. The molecule has 1 amide bonds. The number of anilines is 1.